The van der Waals surface area contributed by atoms with Gasteiger partial charge in [0.25, 0.3) is 0 Å². The number of likely N-dealkylation sites (tertiary alicyclic amines) is 1. The highest BCUT2D eigenvalue weighted by molar-refractivity contribution is 9.10. The molecule has 1 aromatic rings. The van der Waals surface area contributed by atoms with E-state index in [9.17, 15) is 4.79 Å². The first kappa shape index (κ1) is 14.5. The molecule has 1 aromatic carbocycles. The molecule has 0 saturated carbocycles. The van der Waals surface area contributed by atoms with Crippen LogP contribution in [0.1, 0.15) is 42.1 Å². The van der Waals surface area contributed by atoms with Crippen molar-refractivity contribution in [3.63, 3.8) is 0 Å². The van der Waals surface area contributed by atoms with Gasteiger partial charge in [-0.1, -0.05) is 22.4 Å². The van der Waals surface area contributed by atoms with Gasteiger partial charge in [0.2, 0.25) is 0 Å². The number of benzene rings is 1. The molecular formula is C15H20BrNO2. The molecule has 1 aliphatic heterocycles. The Hall–Kier alpha value is -0.870. The minimum absolute atomic E-state index is 0.247. The fourth-order valence-electron chi connectivity index (χ4n) is 2.45. The summed E-state index contributed by atoms with van der Waals surface area (Å²) in [5.41, 5.74) is 1.79. The summed E-state index contributed by atoms with van der Waals surface area (Å²) in [5, 5.41) is 0. The molecular weight excluding hydrogens is 306 g/mol. The fraction of sp³-hybridized carbons (Fsp3) is 0.533. The summed E-state index contributed by atoms with van der Waals surface area (Å²) < 4.78 is 5.99. The minimum atomic E-state index is -0.247. The summed E-state index contributed by atoms with van der Waals surface area (Å²) in [7, 11) is 0. The molecule has 0 aliphatic carbocycles. The molecule has 0 radical (unpaired) electrons. The number of carbonyl (C=O) groups excluding carboxylic acids is 1. The average Bonchev–Trinajstić information content (AvgIpc) is 2.39. The van der Waals surface area contributed by atoms with Crippen molar-refractivity contribution in [2.45, 2.75) is 32.7 Å². The number of carbonyl (C=O) groups is 1. The number of ether oxygens (including phenoxy) is 1. The van der Waals surface area contributed by atoms with E-state index in [4.69, 9.17) is 4.74 Å². The van der Waals surface area contributed by atoms with Crippen molar-refractivity contribution in [3.05, 3.63) is 33.8 Å². The van der Waals surface area contributed by atoms with Crippen molar-refractivity contribution in [2.75, 3.05) is 19.7 Å². The van der Waals surface area contributed by atoms with Gasteiger partial charge in [0.15, 0.2) is 0 Å². The maximum atomic E-state index is 11.8. The first-order chi connectivity index (χ1) is 9.19. The molecule has 1 heterocycles. The first-order valence-electron chi connectivity index (χ1n) is 6.88. The maximum Gasteiger partial charge on any atom is 0.338 e. The first-order valence-corrected chi connectivity index (χ1v) is 7.67. The van der Waals surface area contributed by atoms with Crippen molar-refractivity contribution >= 4 is 21.9 Å². The van der Waals surface area contributed by atoms with E-state index in [2.05, 4.69) is 26.9 Å². The SMILES string of the molecule is CCOC(=O)c1cc(Br)cc(CN2CCCCC2)c1. The smallest absolute Gasteiger partial charge is 0.338 e. The van der Waals surface area contributed by atoms with Gasteiger partial charge in [0, 0.05) is 11.0 Å². The number of rotatable bonds is 4. The molecule has 1 saturated heterocycles. The second-order valence-corrected chi connectivity index (χ2v) is 5.82. The fourth-order valence-corrected chi connectivity index (χ4v) is 2.99. The van der Waals surface area contributed by atoms with Gasteiger partial charge >= 0.3 is 5.97 Å². The third kappa shape index (κ3) is 4.32. The summed E-state index contributed by atoms with van der Waals surface area (Å²) >= 11 is 3.47. The van der Waals surface area contributed by atoms with Gasteiger partial charge in [-0.25, -0.2) is 4.79 Å². The third-order valence-corrected chi connectivity index (χ3v) is 3.78. The molecule has 0 amide bonds. The lowest BCUT2D eigenvalue weighted by molar-refractivity contribution is 0.0526. The number of piperidine rings is 1. The Morgan fingerprint density at radius 3 is 2.68 bits per heavy atom. The van der Waals surface area contributed by atoms with Crippen LogP contribution in [0.15, 0.2) is 22.7 Å². The summed E-state index contributed by atoms with van der Waals surface area (Å²) in [6.45, 7) is 5.45. The Balaban J connectivity index is 2.09. The molecule has 0 atom stereocenters. The van der Waals surface area contributed by atoms with Crippen molar-refractivity contribution in [1.29, 1.82) is 0 Å². The van der Waals surface area contributed by atoms with Crippen LogP contribution in [0.5, 0.6) is 0 Å². The van der Waals surface area contributed by atoms with E-state index in [1.54, 1.807) is 0 Å². The highest BCUT2D eigenvalue weighted by Gasteiger charge is 2.13. The van der Waals surface area contributed by atoms with Crippen LogP contribution in [0.3, 0.4) is 0 Å². The Kier molecular flexibility index (Phi) is 5.40. The summed E-state index contributed by atoms with van der Waals surface area (Å²) in [6, 6.07) is 5.84. The van der Waals surface area contributed by atoms with Crippen LogP contribution in [0, 0.1) is 0 Å². The molecule has 104 valence electrons. The van der Waals surface area contributed by atoms with Crippen molar-refractivity contribution in [2.24, 2.45) is 0 Å². The van der Waals surface area contributed by atoms with Crippen molar-refractivity contribution < 1.29 is 9.53 Å². The molecule has 1 fully saturated rings. The van der Waals surface area contributed by atoms with E-state index < -0.39 is 0 Å². The predicted octanol–water partition coefficient (Wildman–Crippen LogP) is 3.61. The molecule has 0 bridgehead atoms. The van der Waals surface area contributed by atoms with E-state index in [-0.39, 0.29) is 5.97 Å². The molecule has 3 nitrogen and oxygen atoms in total. The van der Waals surface area contributed by atoms with Crippen LogP contribution < -0.4 is 0 Å². The second-order valence-electron chi connectivity index (χ2n) is 4.91. The molecule has 4 heteroatoms. The van der Waals surface area contributed by atoms with E-state index in [0.717, 1.165) is 24.1 Å². The lowest BCUT2D eigenvalue weighted by Gasteiger charge is -2.26. The molecule has 1 aliphatic rings. The van der Waals surface area contributed by atoms with Crippen molar-refractivity contribution in [3.8, 4) is 0 Å². The standard InChI is InChI=1S/C15H20BrNO2/c1-2-19-15(18)13-8-12(9-14(16)10-13)11-17-6-4-3-5-7-17/h8-10H,2-7,11H2,1H3. The van der Waals surface area contributed by atoms with E-state index in [1.807, 2.05) is 19.1 Å². The summed E-state index contributed by atoms with van der Waals surface area (Å²) in [5.74, 6) is -0.247. The van der Waals surface area contributed by atoms with Crippen LogP contribution in [0.4, 0.5) is 0 Å². The zero-order chi connectivity index (χ0) is 13.7. The number of halogens is 1. The Labute approximate surface area is 123 Å². The Bertz CT molecular complexity index is 442. The average molecular weight is 326 g/mol. The van der Waals surface area contributed by atoms with Gasteiger partial charge in [-0.15, -0.1) is 0 Å². The number of nitrogens with zero attached hydrogens (tertiary/aromatic N) is 1. The number of hydrogen-bond acceptors (Lipinski definition) is 3. The highest BCUT2D eigenvalue weighted by atomic mass is 79.9. The number of esters is 1. The van der Waals surface area contributed by atoms with E-state index >= 15 is 0 Å². The van der Waals surface area contributed by atoms with Crippen LogP contribution in [0.2, 0.25) is 0 Å². The molecule has 0 N–H and O–H groups in total. The van der Waals surface area contributed by atoms with Crippen LogP contribution >= 0.6 is 15.9 Å². The molecule has 0 spiro atoms. The molecule has 0 unspecified atom stereocenters. The zero-order valence-corrected chi connectivity index (χ0v) is 12.9. The lowest BCUT2D eigenvalue weighted by Crippen LogP contribution is -2.29. The van der Waals surface area contributed by atoms with Gasteiger partial charge in [0.1, 0.15) is 0 Å². The van der Waals surface area contributed by atoms with Gasteiger partial charge in [-0.05, 0) is 56.6 Å². The van der Waals surface area contributed by atoms with Crippen LogP contribution in [-0.4, -0.2) is 30.6 Å². The van der Waals surface area contributed by atoms with E-state index in [0.29, 0.717) is 12.2 Å². The van der Waals surface area contributed by atoms with Crippen LogP contribution in [0.25, 0.3) is 0 Å². The maximum absolute atomic E-state index is 11.8. The second kappa shape index (κ2) is 7.06. The van der Waals surface area contributed by atoms with Crippen molar-refractivity contribution in [1.82, 2.24) is 4.90 Å². The monoisotopic (exact) mass is 325 g/mol. The van der Waals surface area contributed by atoms with Gasteiger partial charge in [0.05, 0.1) is 12.2 Å². The predicted molar refractivity (Wildman–Crippen MR) is 79.2 cm³/mol. The van der Waals surface area contributed by atoms with Crippen LogP contribution in [-0.2, 0) is 11.3 Å². The van der Waals surface area contributed by atoms with Gasteiger partial charge in [-0.3, -0.25) is 4.90 Å². The molecule has 0 aromatic heterocycles. The minimum Gasteiger partial charge on any atom is -0.462 e. The Morgan fingerprint density at radius 2 is 2.00 bits per heavy atom. The lowest BCUT2D eigenvalue weighted by atomic mass is 10.1. The zero-order valence-electron chi connectivity index (χ0n) is 11.3. The normalized spacial score (nSPS) is 16.3. The Morgan fingerprint density at radius 1 is 1.26 bits per heavy atom. The quantitative estimate of drug-likeness (QED) is 0.792. The summed E-state index contributed by atoms with van der Waals surface area (Å²) in [4.78, 5) is 14.2. The highest BCUT2D eigenvalue weighted by Crippen LogP contribution is 2.20. The molecule has 2 rings (SSSR count). The third-order valence-electron chi connectivity index (χ3n) is 3.32. The molecule has 19 heavy (non-hydrogen) atoms. The summed E-state index contributed by atoms with van der Waals surface area (Å²) in [6.07, 6.45) is 3.89. The largest absolute Gasteiger partial charge is 0.462 e. The van der Waals surface area contributed by atoms with Gasteiger partial charge < -0.3 is 4.74 Å². The topological polar surface area (TPSA) is 29.5 Å². The van der Waals surface area contributed by atoms with E-state index in [1.165, 1.54) is 24.8 Å². The number of hydrogen-bond donors (Lipinski definition) is 0. The van der Waals surface area contributed by atoms with Gasteiger partial charge in [-0.2, -0.15) is 0 Å².